The molecule has 1 N–H and O–H groups in total. The Morgan fingerprint density at radius 3 is 2.47 bits per heavy atom. The topological polar surface area (TPSA) is 29.9 Å². The lowest BCUT2D eigenvalue weighted by molar-refractivity contribution is 0.535. The minimum Gasteiger partial charge on any atom is -0.338 e. The monoisotopic (exact) mass is 385 g/mol. The molecule has 0 aliphatic heterocycles. The van der Waals surface area contributed by atoms with Gasteiger partial charge in [-0.1, -0.05) is 31.9 Å². The molecular formula is C14H17Br2N3. The molecule has 1 unspecified atom stereocenters. The predicted molar refractivity (Wildman–Crippen MR) is 85.2 cm³/mol. The normalized spacial score (nSPS) is 12.6. The molecule has 19 heavy (non-hydrogen) atoms. The Kier molecular flexibility index (Phi) is 5.19. The number of nitrogens with one attached hydrogen (secondary N) is 1. The second-order valence-electron chi connectivity index (χ2n) is 4.54. The van der Waals surface area contributed by atoms with E-state index < -0.39 is 0 Å². The first-order valence-corrected chi connectivity index (χ1v) is 7.78. The summed E-state index contributed by atoms with van der Waals surface area (Å²) in [5.41, 5.74) is 1.28. The van der Waals surface area contributed by atoms with Crippen LogP contribution < -0.4 is 5.32 Å². The van der Waals surface area contributed by atoms with Crippen molar-refractivity contribution in [3.63, 3.8) is 0 Å². The molecule has 0 spiro atoms. The quantitative estimate of drug-likeness (QED) is 0.845. The van der Waals surface area contributed by atoms with E-state index in [2.05, 4.69) is 64.9 Å². The third-order valence-corrected chi connectivity index (χ3v) is 4.13. The highest BCUT2D eigenvalue weighted by Gasteiger charge is 2.12. The van der Waals surface area contributed by atoms with Crippen molar-refractivity contribution < 1.29 is 0 Å². The van der Waals surface area contributed by atoms with Crippen molar-refractivity contribution in [1.29, 1.82) is 0 Å². The summed E-state index contributed by atoms with van der Waals surface area (Å²) in [6.07, 6.45) is 5.81. The average molecular weight is 387 g/mol. The number of hydrogen-bond acceptors (Lipinski definition) is 2. The van der Waals surface area contributed by atoms with Crippen LogP contribution in [0.1, 0.15) is 23.9 Å². The smallest absolute Gasteiger partial charge is 0.108 e. The highest BCUT2D eigenvalue weighted by Crippen LogP contribution is 2.26. The van der Waals surface area contributed by atoms with Gasteiger partial charge in [0.15, 0.2) is 0 Å². The van der Waals surface area contributed by atoms with Crippen molar-refractivity contribution in [3.8, 4) is 0 Å². The van der Waals surface area contributed by atoms with Crippen LogP contribution in [0.4, 0.5) is 0 Å². The third kappa shape index (κ3) is 3.91. The maximum atomic E-state index is 4.37. The Hall–Kier alpha value is -0.650. The summed E-state index contributed by atoms with van der Waals surface area (Å²) in [6, 6.07) is 6.69. The molecular weight excluding hydrogens is 370 g/mol. The van der Waals surface area contributed by atoms with E-state index in [9.17, 15) is 0 Å². The van der Waals surface area contributed by atoms with E-state index >= 15 is 0 Å². The lowest BCUT2D eigenvalue weighted by Crippen LogP contribution is -2.18. The first-order valence-electron chi connectivity index (χ1n) is 6.19. The highest BCUT2D eigenvalue weighted by molar-refractivity contribution is 9.11. The van der Waals surface area contributed by atoms with Gasteiger partial charge in [0, 0.05) is 40.8 Å². The van der Waals surface area contributed by atoms with E-state index in [1.165, 1.54) is 5.56 Å². The number of aromatic nitrogens is 2. The van der Waals surface area contributed by atoms with E-state index in [1.54, 1.807) is 0 Å². The Labute approximate surface area is 130 Å². The van der Waals surface area contributed by atoms with Crippen LogP contribution in [0.2, 0.25) is 0 Å². The minimum absolute atomic E-state index is 0.325. The molecule has 0 fully saturated rings. The lowest BCUT2D eigenvalue weighted by atomic mass is 10.0. The largest absolute Gasteiger partial charge is 0.338 e. The Balaban J connectivity index is 2.09. The molecule has 5 heteroatoms. The molecule has 0 aliphatic rings. The second kappa shape index (κ2) is 6.68. The number of hydrogen-bond donors (Lipinski definition) is 1. The fourth-order valence-electron chi connectivity index (χ4n) is 2.16. The fourth-order valence-corrected chi connectivity index (χ4v) is 3.49. The van der Waals surface area contributed by atoms with Gasteiger partial charge >= 0.3 is 0 Å². The van der Waals surface area contributed by atoms with Crippen LogP contribution in [0.25, 0.3) is 0 Å². The summed E-state index contributed by atoms with van der Waals surface area (Å²) < 4.78 is 4.26. The van der Waals surface area contributed by atoms with E-state index in [0.717, 1.165) is 27.6 Å². The summed E-state index contributed by atoms with van der Waals surface area (Å²) in [6.45, 7) is 0. The molecule has 3 nitrogen and oxygen atoms in total. The molecule has 2 rings (SSSR count). The number of benzene rings is 1. The van der Waals surface area contributed by atoms with Gasteiger partial charge in [-0.3, -0.25) is 0 Å². The Morgan fingerprint density at radius 1 is 1.26 bits per heavy atom. The van der Waals surface area contributed by atoms with E-state index in [0.29, 0.717) is 6.04 Å². The second-order valence-corrected chi connectivity index (χ2v) is 6.37. The highest BCUT2D eigenvalue weighted by atomic mass is 79.9. The minimum atomic E-state index is 0.325. The van der Waals surface area contributed by atoms with Gasteiger partial charge < -0.3 is 9.88 Å². The van der Waals surface area contributed by atoms with Gasteiger partial charge in [-0.25, -0.2) is 4.98 Å². The number of nitrogens with zero attached hydrogens (tertiary/aromatic N) is 2. The van der Waals surface area contributed by atoms with Gasteiger partial charge in [0.1, 0.15) is 5.82 Å². The molecule has 0 saturated carbocycles. The van der Waals surface area contributed by atoms with E-state index in [1.807, 2.05) is 26.5 Å². The molecule has 2 aromatic rings. The van der Waals surface area contributed by atoms with Crippen molar-refractivity contribution in [2.45, 2.75) is 18.9 Å². The van der Waals surface area contributed by atoms with Crippen molar-refractivity contribution in [2.24, 2.45) is 7.05 Å². The zero-order valence-electron chi connectivity index (χ0n) is 11.0. The van der Waals surface area contributed by atoms with E-state index in [4.69, 9.17) is 0 Å². The molecule has 1 atom stereocenters. The van der Waals surface area contributed by atoms with Crippen molar-refractivity contribution in [3.05, 3.63) is 50.9 Å². The molecule has 1 aromatic carbocycles. The summed E-state index contributed by atoms with van der Waals surface area (Å²) in [4.78, 5) is 4.37. The molecule has 0 bridgehead atoms. The Morgan fingerprint density at radius 2 is 1.95 bits per heavy atom. The summed E-state index contributed by atoms with van der Waals surface area (Å²) >= 11 is 7.08. The molecule has 0 saturated heterocycles. The summed E-state index contributed by atoms with van der Waals surface area (Å²) in [7, 11) is 4.03. The van der Waals surface area contributed by atoms with Gasteiger partial charge in [0.05, 0.1) is 0 Å². The summed E-state index contributed by atoms with van der Waals surface area (Å²) in [5.74, 6) is 1.12. The van der Waals surface area contributed by atoms with Crippen LogP contribution in [-0.4, -0.2) is 16.6 Å². The van der Waals surface area contributed by atoms with Gasteiger partial charge in [0.25, 0.3) is 0 Å². The van der Waals surface area contributed by atoms with Crippen LogP contribution in [0.15, 0.2) is 39.5 Å². The molecule has 1 aromatic heterocycles. The first-order chi connectivity index (χ1) is 9.10. The number of rotatable bonds is 5. The number of aryl methyl sites for hydroxylation is 2. The predicted octanol–water partition coefficient (Wildman–Crippen LogP) is 3.84. The van der Waals surface area contributed by atoms with Crippen LogP contribution >= 0.6 is 31.9 Å². The Bertz CT molecular complexity index is 531. The molecule has 1 heterocycles. The van der Waals surface area contributed by atoms with Crippen molar-refractivity contribution in [1.82, 2.24) is 14.9 Å². The summed E-state index contributed by atoms with van der Waals surface area (Å²) in [5, 5.41) is 3.38. The standard InChI is InChI=1S/C14H17Br2N3/c1-17-13(3-4-14-18-5-6-19(14)2)10-7-11(15)9-12(16)8-10/h5-9,13,17H,3-4H2,1-2H3. The van der Waals surface area contributed by atoms with Gasteiger partial charge in [-0.2, -0.15) is 0 Å². The van der Waals surface area contributed by atoms with E-state index in [-0.39, 0.29) is 0 Å². The zero-order chi connectivity index (χ0) is 13.8. The third-order valence-electron chi connectivity index (χ3n) is 3.21. The number of halogens is 2. The van der Waals surface area contributed by atoms with Crippen LogP contribution in [-0.2, 0) is 13.5 Å². The average Bonchev–Trinajstić information content (AvgIpc) is 2.75. The first kappa shape index (κ1) is 14.8. The van der Waals surface area contributed by atoms with Gasteiger partial charge in [-0.15, -0.1) is 0 Å². The zero-order valence-corrected chi connectivity index (χ0v) is 14.2. The molecule has 0 radical (unpaired) electrons. The van der Waals surface area contributed by atoms with Crippen molar-refractivity contribution >= 4 is 31.9 Å². The maximum absolute atomic E-state index is 4.37. The molecule has 0 amide bonds. The van der Waals surface area contributed by atoms with Crippen molar-refractivity contribution in [2.75, 3.05) is 7.05 Å². The maximum Gasteiger partial charge on any atom is 0.108 e. The van der Waals surface area contributed by atoms with Crippen LogP contribution in [0.5, 0.6) is 0 Å². The molecule has 0 aliphatic carbocycles. The molecule has 102 valence electrons. The van der Waals surface area contributed by atoms with Crippen LogP contribution in [0.3, 0.4) is 0 Å². The SMILES string of the molecule is CNC(CCc1nccn1C)c1cc(Br)cc(Br)c1. The fraction of sp³-hybridized carbons (Fsp3) is 0.357. The van der Waals surface area contributed by atoms with Gasteiger partial charge in [-0.05, 0) is 37.2 Å². The lowest BCUT2D eigenvalue weighted by Gasteiger charge is -2.17. The number of imidazole rings is 1. The van der Waals surface area contributed by atoms with Crippen LogP contribution in [0, 0.1) is 0 Å². The van der Waals surface area contributed by atoms with Gasteiger partial charge in [0.2, 0.25) is 0 Å².